The molecule has 1 N–H and O–H groups in total. The molecule has 1 aliphatic heterocycles. The van der Waals surface area contributed by atoms with Crippen LogP contribution >= 0.6 is 0 Å². The van der Waals surface area contributed by atoms with Crippen molar-refractivity contribution in [1.82, 2.24) is 4.90 Å². The number of hydrogen-bond donors (Lipinski definition) is 1. The van der Waals surface area contributed by atoms with E-state index in [2.05, 4.69) is 29.2 Å². The van der Waals surface area contributed by atoms with Crippen LogP contribution in [0.15, 0.2) is 70.1 Å². The predicted molar refractivity (Wildman–Crippen MR) is 122 cm³/mol. The first-order chi connectivity index (χ1) is 15.3. The summed E-state index contributed by atoms with van der Waals surface area (Å²) >= 11 is 0. The van der Waals surface area contributed by atoms with E-state index < -0.39 is 5.60 Å². The van der Waals surface area contributed by atoms with Crippen LogP contribution in [0.3, 0.4) is 0 Å². The lowest BCUT2D eigenvalue weighted by Crippen LogP contribution is -2.37. The van der Waals surface area contributed by atoms with Crippen LogP contribution in [0.5, 0.6) is 5.75 Å². The van der Waals surface area contributed by atoms with Gasteiger partial charge in [-0.1, -0.05) is 48.5 Å². The Morgan fingerprint density at radius 1 is 1.12 bits per heavy atom. The van der Waals surface area contributed by atoms with E-state index >= 15 is 0 Å². The second-order valence-corrected chi connectivity index (χ2v) is 9.70. The van der Waals surface area contributed by atoms with E-state index in [9.17, 15) is 9.90 Å². The third-order valence-corrected chi connectivity index (χ3v) is 6.65. The Balaban J connectivity index is 1.23. The van der Waals surface area contributed by atoms with Crippen molar-refractivity contribution in [3.63, 3.8) is 0 Å². The van der Waals surface area contributed by atoms with Gasteiger partial charge in [-0.15, -0.1) is 0 Å². The summed E-state index contributed by atoms with van der Waals surface area (Å²) in [6.45, 7) is 6.26. The summed E-state index contributed by atoms with van der Waals surface area (Å²) in [5.41, 5.74) is 3.87. The number of rotatable bonds is 6. The molecule has 32 heavy (non-hydrogen) atoms. The van der Waals surface area contributed by atoms with Crippen LogP contribution in [0.25, 0.3) is 0 Å². The maximum atomic E-state index is 12.6. The fraction of sp³-hybridized carbons (Fsp3) is 0.370. The molecule has 0 unspecified atom stereocenters. The van der Waals surface area contributed by atoms with Gasteiger partial charge < -0.3 is 14.3 Å². The van der Waals surface area contributed by atoms with Crippen molar-refractivity contribution in [1.29, 1.82) is 0 Å². The molecule has 5 rings (SSSR count). The molecule has 2 heterocycles. The van der Waals surface area contributed by atoms with E-state index in [1.165, 1.54) is 30.2 Å². The van der Waals surface area contributed by atoms with Crippen molar-refractivity contribution >= 4 is 0 Å². The maximum absolute atomic E-state index is 12.6. The Morgan fingerprint density at radius 2 is 1.88 bits per heavy atom. The molecule has 1 spiro atoms. The summed E-state index contributed by atoms with van der Waals surface area (Å²) in [4.78, 5) is 15.0. The van der Waals surface area contributed by atoms with Crippen LogP contribution < -0.4 is 10.2 Å². The number of benzene rings is 2. The number of ether oxygens (including phenoxy) is 1. The van der Waals surface area contributed by atoms with E-state index in [1.807, 2.05) is 24.3 Å². The summed E-state index contributed by atoms with van der Waals surface area (Å²) in [5.74, 6) is 0.870. The van der Waals surface area contributed by atoms with Gasteiger partial charge in [0, 0.05) is 24.6 Å². The minimum Gasteiger partial charge on any atom is -0.482 e. The second-order valence-electron chi connectivity index (χ2n) is 9.70. The zero-order valence-corrected chi connectivity index (χ0v) is 18.6. The van der Waals surface area contributed by atoms with Crippen molar-refractivity contribution in [3.8, 4) is 5.75 Å². The molecule has 2 aliphatic rings. The minimum atomic E-state index is -0.883. The highest BCUT2D eigenvalue weighted by Gasteiger charge is 2.48. The standard InChI is InChI=1S/C27H29NO4/c1-26(2,30)21-9-7-19(8-10-21)16-32-25-17-31-22(13-24(25)29)15-28-14-20-5-3-4-6-23(20)27(18-28)11-12-27/h3-10,13,17,30H,11-12,14-16,18H2,1-2H3. The van der Waals surface area contributed by atoms with Gasteiger partial charge in [-0.2, -0.15) is 0 Å². The van der Waals surface area contributed by atoms with Crippen molar-refractivity contribution < 1.29 is 14.3 Å². The molecule has 0 atom stereocenters. The summed E-state index contributed by atoms with van der Waals surface area (Å²) in [6, 6.07) is 17.8. The van der Waals surface area contributed by atoms with E-state index in [-0.39, 0.29) is 17.8 Å². The molecule has 0 saturated heterocycles. The molecule has 2 aromatic carbocycles. The van der Waals surface area contributed by atoms with Gasteiger partial charge in [0.05, 0.1) is 12.1 Å². The Labute approximate surface area is 188 Å². The molecule has 0 radical (unpaired) electrons. The zero-order chi connectivity index (χ0) is 22.3. The Morgan fingerprint density at radius 3 is 2.56 bits per heavy atom. The van der Waals surface area contributed by atoms with Crippen LogP contribution in [0.4, 0.5) is 0 Å². The predicted octanol–water partition coefficient (Wildman–Crippen LogP) is 4.49. The molecule has 5 heteroatoms. The average molecular weight is 432 g/mol. The summed E-state index contributed by atoms with van der Waals surface area (Å²) in [7, 11) is 0. The molecular weight excluding hydrogens is 402 g/mol. The highest BCUT2D eigenvalue weighted by Crippen LogP contribution is 2.52. The van der Waals surface area contributed by atoms with Gasteiger partial charge in [-0.05, 0) is 48.9 Å². The molecule has 0 bridgehead atoms. The Bertz CT molecular complexity index is 1170. The van der Waals surface area contributed by atoms with Crippen molar-refractivity contribution in [3.05, 3.63) is 99.1 Å². The average Bonchev–Trinajstić information content (AvgIpc) is 3.52. The zero-order valence-electron chi connectivity index (χ0n) is 18.6. The molecule has 1 saturated carbocycles. The van der Waals surface area contributed by atoms with Gasteiger partial charge in [-0.3, -0.25) is 9.69 Å². The molecular formula is C27H29NO4. The monoisotopic (exact) mass is 431 g/mol. The Hall–Kier alpha value is -2.89. The highest BCUT2D eigenvalue weighted by atomic mass is 16.5. The van der Waals surface area contributed by atoms with Crippen molar-refractivity contribution in [2.75, 3.05) is 6.54 Å². The summed E-state index contributed by atoms with van der Waals surface area (Å²) in [5, 5.41) is 10.1. The van der Waals surface area contributed by atoms with E-state index in [0.29, 0.717) is 17.7 Å². The van der Waals surface area contributed by atoms with Gasteiger partial charge in [0.1, 0.15) is 18.6 Å². The van der Waals surface area contributed by atoms with Crippen LogP contribution in [-0.2, 0) is 30.7 Å². The number of aliphatic hydroxyl groups is 1. The topological polar surface area (TPSA) is 62.9 Å². The van der Waals surface area contributed by atoms with Crippen LogP contribution in [0, 0.1) is 0 Å². The first-order valence-corrected chi connectivity index (χ1v) is 11.2. The number of hydrogen-bond acceptors (Lipinski definition) is 5. The van der Waals surface area contributed by atoms with Gasteiger partial charge in [0.15, 0.2) is 0 Å². The molecule has 1 fully saturated rings. The molecule has 166 valence electrons. The smallest absolute Gasteiger partial charge is 0.227 e. The number of nitrogens with zero attached hydrogens (tertiary/aromatic N) is 1. The molecule has 5 nitrogen and oxygen atoms in total. The van der Waals surface area contributed by atoms with E-state index in [0.717, 1.165) is 24.2 Å². The molecule has 1 aromatic heterocycles. The highest BCUT2D eigenvalue weighted by molar-refractivity contribution is 5.41. The van der Waals surface area contributed by atoms with Gasteiger partial charge in [-0.25, -0.2) is 0 Å². The SMILES string of the molecule is CC(C)(O)c1ccc(COc2coc(CN3Cc4ccccc4C4(CC4)C3)cc2=O)cc1. The third-order valence-electron chi connectivity index (χ3n) is 6.65. The second kappa shape index (κ2) is 7.91. The number of fused-ring (bicyclic) bond motifs is 2. The first kappa shape index (κ1) is 21.0. The van der Waals surface area contributed by atoms with Crippen LogP contribution in [0.2, 0.25) is 0 Å². The van der Waals surface area contributed by atoms with Crippen LogP contribution in [0.1, 0.15) is 54.7 Å². The fourth-order valence-electron chi connectivity index (χ4n) is 4.69. The molecule has 3 aromatic rings. The maximum Gasteiger partial charge on any atom is 0.227 e. The van der Waals surface area contributed by atoms with Gasteiger partial charge in [0.2, 0.25) is 11.2 Å². The molecule has 1 aliphatic carbocycles. The van der Waals surface area contributed by atoms with Crippen molar-refractivity contribution in [2.24, 2.45) is 0 Å². The van der Waals surface area contributed by atoms with E-state index in [4.69, 9.17) is 9.15 Å². The Kier molecular flexibility index (Phi) is 5.19. The summed E-state index contributed by atoms with van der Waals surface area (Å²) in [6.07, 6.45) is 3.88. The first-order valence-electron chi connectivity index (χ1n) is 11.2. The third kappa shape index (κ3) is 4.23. The quantitative estimate of drug-likeness (QED) is 0.623. The lowest BCUT2D eigenvalue weighted by molar-refractivity contribution is 0.0785. The van der Waals surface area contributed by atoms with Crippen molar-refractivity contribution in [2.45, 2.75) is 57.4 Å². The van der Waals surface area contributed by atoms with Crippen LogP contribution in [-0.4, -0.2) is 16.6 Å². The summed E-state index contributed by atoms with van der Waals surface area (Å²) < 4.78 is 11.5. The lowest BCUT2D eigenvalue weighted by atomic mass is 9.87. The lowest BCUT2D eigenvalue weighted by Gasteiger charge is -2.34. The van der Waals surface area contributed by atoms with Gasteiger partial charge >= 0.3 is 0 Å². The van der Waals surface area contributed by atoms with Gasteiger partial charge in [0.25, 0.3) is 0 Å². The largest absolute Gasteiger partial charge is 0.482 e. The normalized spacial score (nSPS) is 17.2. The van der Waals surface area contributed by atoms with E-state index in [1.54, 1.807) is 19.9 Å². The molecule has 0 amide bonds. The fourth-order valence-corrected chi connectivity index (χ4v) is 4.69. The minimum absolute atomic E-state index is 0.169.